The van der Waals surface area contributed by atoms with E-state index in [0.717, 1.165) is 6.29 Å². The van der Waals surface area contributed by atoms with Gasteiger partial charge in [-0.3, -0.25) is 9.59 Å². The van der Waals surface area contributed by atoms with Crippen LogP contribution in [0, 0.1) is 0 Å². The lowest BCUT2D eigenvalue weighted by atomic mass is 10.3. The first-order valence-electron chi connectivity index (χ1n) is 2.78. The fraction of sp³-hybridized carbons (Fsp3) is 0.143. The summed E-state index contributed by atoms with van der Waals surface area (Å²) >= 11 is 1.30. The van der Waals surface area contributed by atoms with Crippen molar-refractivity contribution in [3.8, 4) is 0 Å². The van der Waals surface area contributed by atoms with Gasteiger partial charge in [-0.15, -0.1) is 11.3 Å². The Kier molecular flexibility index (Phi) is 1.97. The maximum atomic E-state index is 10.7. The fourth-order valence-electron chi connectivity index (χ4n) is 0.597. The Morgan fingerprint density at radius 1 is 1.70 bits per heavy atom. The number of aldehydes is 1. The molecule has 0 atom stereocenters. The van der Waals surface area contributed by atoms with Crippen molar-refractivity contribution in [3.63, 3.8) is 0 Å². The molecule has 1 heterocycles. The number of carbonyl (C=O) groups is 2. The van der Waals surface area contributed by atoms with Gasteiger partial charge in [0, 0.05) is 10.9 Å². The lowest BCUT2D eigenvalue weighted by Gasteiger charge is -1.80. The Balaban J connectivity index is 2.98. The number of hydrogen-bond acceptors (Lipinski definition) is 3. The standard InChI is InChI=1S/C7H6O2S/c1-5(9)7-2-6(3-8)4-10-7/h2-4H,1H3. The van der Waals surface area contributed by atoms with Gasteiger partial charge in [-0.2, -0.15) is 0 Å². The van der Waals surface area contributed by atoms with Crippen LogP contribution in [0.5, 0.6) is 0 Å². The normalized spacial score (nSPS) is 9.30. The first-order valence-corrected chi connectivity index (χ1v) is 3.66. The Morgan fingerprint density at radius 3 is 2.70 bits per heavy atom. The van der Waals surface area contributed by atoms with E-state index < -0.39 is 0 Å². The highest BCUT2D eigenvalue weighted by Gasteiger charge is 2.01. The second kappa shape index (κ2) is 2.75. The van der Waals surface area contributed by atoms with Gasteiger partial charge in [-0.25, -0.2) is 0 Å². The summed E-state index contributed by atoms with van der Waals surface area (Å²) in [5.74, 6) is 0.0121. The second-order valence-electron chi connectivity index (χ2n) is 1.92. The van der Waals surface area contributed by atoms with E-state index >= 15 is 0 Å². The summed E-state index contributed by atoms with van der Waals surface area (Å²) in [6, 6.07) is 1.60. The van der Waals surface area contributed by atoms with Crippen molar-refractivity contribution in [1.82, 2.24) is 0 Å². The molecule has 0 amide bonds. The fourth-order valence-corrected chi connectivity index (χ4v) is 1.35. The van der Waals surface area contributed by atoms with Crippen molar-refractivity contribution in [2.75, 3.05) is 0 Å². The third-order valence-electron chi connectivity index (χ3n) is 1.10. The molecule has 0 saturated carbocycles. The molecule has 0 spiro atoms. The van der Waals surface area contributed by atoms with Crippen LogP contribution in [0.2, 0.25) is 0 Å². The lowest BCUT2D eigenvalue weighted by molar-refractivity contribution is 0.102. The summed E-state index contributed by atoms with van der Waals surface area (Å²) in [5, 5.41) is 1.67. The van der Waals surface area contributed by atoms with Crippen molar-refractivity contribution in [2.45, 2.75) is 6.92 Å². The van der Waals surface area contributed by atoms with Crippen molar-refractivity contribution < 1.29 is 9.59 Å². The van der Waals surface area contributed by atoms with Gasteiger partial charge in [-0.1, -0.05) is 0 Å². The molecule has 2 nitrogen and oxygen atoms in total. The number of ketones is 1. The van der Waals surface area contributed by atoms with E-state index in [-0.39, 0.29) is 5.78 Å². The van der Waals surface area contributed by atoms with E-state index in [2.05, 4.69) is 0 Å². The summed E-state index contributed by atoms with van der Waals surface area (Å²) in [7, 11) is 0. The highest BCUT2D eigenvalue weighted by molar-refractivity contribution is 7.12. The van der Waals surface area contributed by atoms with Crippen LogP contribution in [0.15, 0.2) is 11.4 Å². The second-order valence-corrected chi connectivity index (χ2v) is 2.83. The first-order chi connectivity index (χ1) is 4.74. The van der Waals surface area contributed by atoms with Crippen LogP contribution in [0.3, 0.4) is 0 Å². The number of rotatable bonds is 2. The Labute approximate surface area is 62.5 Å². The first kappa shape index (κ1) is 7.15. The van der Waals surface area contributed by atoms with E-state index in [4.69, 9.17) is 0 Å². The van der Waals surface area contributed by atoms with Crippen LogP contribution in [0.4, 0.5) is 0 Å². The summed E-state index contributed by atoms with van der Waals surface area (Å²) < 4.78 is 0. The van der Waals surface area contributed by atoms with Gasteiger partial charge in [-0.05, 0) is 13.0 Å². The Bertz CT molecular complexity index is 262. The molecule has 0 aliphatic heterocycles. The number of carbonyl (C=O) groups excluding carboxylic acids is 2. The molecule has 0 N–H and O–H groups in total. The van der Waals surface area contributed by atoms with Gasteiger partial charge in [0.15, 0.2) is 12.1 Å². The highest BCUT2D eigenvalue weighted by Crippen LogP contribution is 2.12. The molecule has 0 bridgehead atoms. The summed E-state index contributed by atoms with van der Waals surface area (Å²) in [6.07, 6.45) is 0.739. The van der Waals surface area contributed by atoms with Gasteiger partial charge in [0.05, 0.1) is 4.88 Å². The van der Waals surface area contributed by atoms with E-state index in [1.807, 2.05) is 0 Å². The predicted octanol–water partition coefficient (Wildman–Crippen LogP) is 1.76. The number of hydrogen-bond donors (Lipinski definition) is 0. The molecular weight excluding hydrogens is 148 g/mol. The van der Waals surface area contributed by atoms with Gasteiger partial charge in [0.25, 0.3) is 0 Å². The molecule has 0 aromatic carbocycles. The monoisotopic (exact) mass is 154 g/mol. The number of Topliss-reactive ketones (excluding diaryl/α,β-unsaturated/α-hetero) is 1. The van der Waals surface area contributed by atoms with Crippen molar-refractivity contribution in [1.29, 1.82) is 0 Å². The van der Waals surface area contributed by atoms with Crippen LogP contribution in [-0.4, -0.2) is 12.1 Å². The number of thiophene rings is 1. The van der Waals surface area contributed by atoms with Gasteiger partial charge in [0.2, 0.25) is 0 Å². The van der Waals surface area contributed by atoms with E-state index in [0.29, 0.717) is 10.4 Å². The zero-order valence-electron chi connectivity index (χ0n) is 5.46. The van der Waals surface area contributed by atoms with E-state index in [1.165, 1.54) is 18.3 Å². The third-order valence-corrected chi connectivity index (χ3v) is 2.15. The molecule has 0 unspecified atom stereocenters. The summed E-state index contributed by atoms with van der Waals surface area (Å²) in [4.78, 5) is 21.4. The van der Waals surface area contributed by atoms with Crippen LogP contribution in [0.1, 0.15) is 27.0 Å². The minimum atomic E-state index is 0.0121. The molecule has 0 aliphatic rings. The van der Waals surface area contributed by atoms with E-state index in [1.54, 1.807) is 11.4 Å². The van der Waals surface area contributed by atoms with E-state index in [9.17, 15) is 9.59 Å². The molecule has 3 heteroatoms. The minimum absolute atomic E-state index is 0.0121. The lowest BCUT2D eigenvalue weighted by Crippen LogP contribution is -1.84. The van der Waals surface area contributed by atoms with Crippen molar-refractivity contribution in [3.05, 3.63) is 21.9 Å². The van der Waals surface area contributed by atoms with Crippen LogP contribution in [-0.2, 0) is 0 Å². The minimum Gasteiger partial charge on any atom is -0.298 e. The van der Waals surface area contributed by atoms with Gasteiger partial charge < -0.3 is 0 Å². The Morgan fingerprint density at radius 2 is 2.40 bits per heavy atom. The average Bonchev–Trinajstić information content (AvgIpc) is 2.34. The highest BCUT2D eigenvalue weighted by atomic mass is 32.1. The largest absolute Gasteiger partial charge is 0.298 e. The molecule has 1 aromatic heterocycles. The van der Waals surface area contributed by atoms with Crippen molar-refractivity contribution >= 4 is 23.4 Å². The quantitative estimate of drug-likeness (QED) is 0.480. The molecule has 52 valence electrons. The molecule has 10 heavy (non-hydrogen) atoms. The molecule has 0 saturated heterocycles. The smallest absolute Gasteiger partial charge is 0.169 e. The summed E-state index contributed by atoms with van der Waals surface area (Å²) in [5.41, 5.74) is 0.579. The molecule has 0 aliphatic carbocycles. The molecule has 1 aromatic rings. The summed E-state index contributed by atoms with van der Waals surface area (Å²) in [6.45, 7) is 1.49. The zero-order chi connectivity index (χ0) is 7.56. The maximum Gasteiger partial charge on any atom is 0.169 e. The van der Waals surface area contributed by atoms with Gasteiger partial charge >= 0.3 is 0 Å². The zero-order valence-corrected chi connectivity index (χ0v) is 6.27. The average molecular weight is 154 g/mol. The van der Waals surface area contributed by atoms with Crippen molar-refractivity contribution in [2.24, 2.45) is 0 Å². The van der Waals surface area contributed by atoms with Crippen LogP contribution in [0.25, 0.3) is 0 Å². The maximum absolute atomic E-state index is 10.7. The van der Waals surface area contributed by atoms with Gasteiger partial charge in [0.1, 0.15) is 0 Å². The topological polar surface area (TPSA) is 34.1 Å². The molecule has 1 rings (SSSR count). The van der Waals surface area contributed by atoms with Crippen LogP contribution < -0.4 is 0 Å². The Hall–Kier alpha value is -0.960. The molecule has 0 fully saturated rings. The molecule has 0 radical (unpaired) electrons. The van der Waals surface area contributed by atoms with Crippen LogP contribution >= 0.6 is 11.3 Å². The third kappa shape index (κ3) is 1.30. The SMILES string of the molecule is CC(=O)c1cc(C=O)cs1. The molecular formula is C7H6O2S. The predicted molar refractivity (Wildman–Crippen MR) is 39.7 cm³/mol.